The second kappa shape index (κ2) is 7.64. The van der Waals surface area contributed by atoms with Crippen LogP contribution >= 0.6 is 0 Å². The zero-order valence-corrected chi connectivity index (χ0v) is 18.5. The predicted octanol–water partition coefficient (Wildman–Crippen LogP) is 3.96. The molecule has 0 spiro atoms. The van der Waals surface area contributed by atoms with E-state index in [1.54, 1.807) is 31.4 Å². The maximum absolute atomic E-state index is 12.9. The van der Waals surface area contributed by atoms with Crippen molar-refractivity contribution in [3.05, 3.63) is 24.3 Å². The van der Waals surface area contributed by atoms with Gasteiger partial charge in [-0.15, -0.1) is 0 Å². The first-order chi connectivity index (χ1) is 12.4. The minimum atomic E-state index is -2.05. The minimum Gasteiger partial charge on any atom is -0.497 e. The quantitative estimate of drug-likeness (QED) is 0.416. The van der Waals surface area contributed by atoms with Crippen LogP contribution in [0.4, 0.5) is 5.69 Å². The fourth-order valence-corrected chi connectivity index (χ4v) is 4.38. The van der Waals surface area contributed by atoms with Gasteiger partial charge in [0.15, 0.2) is 14.5 Å². The van der Waals surface area contributed by atoms with Gasteiger partial charge in [0.2, 0.25) is 5.91 Å². The minimum absolute atomic E-state index is 0.0284. The third-order valence-electron chi connectivity index (χ3n) is 5.51. The molecule has 0 aromatic heterocycles. The molecule has 0 N–H and O–H groups in total. The summed E-state index contributed by atoms with van der Waals surface area (Å²) in [4.78, 5) is 26.1. The lowest BCUT2D eigenvalue weighted by Crippen LogP contribution is -2.67. The molecule has 0 aliphatic carbocycles. The Morgan fingerprint density at radius 2 is 1.74 bits per heavy atom. The third-order valence-corrected chi connectivity index (χ3v) is 10.1. The lowest BCUT2D eigenvalue weighted by atomic mass is 9.89. The molecule has 1 amide bonds. The second-order valence-corrected chi connectivity index (χ2v) is 13.3. The molecule has 3 atom stereocenters. The van der Waals surface area contributed by atoms with Crippen molar-refractivity contribution in [3.63, 3.8) is 0 Å². The van der Waals surface area contributed by atoms with Crippen LogP contribution in [0, 0.1) is 5.92 Å². The van der Waals surface area contributed by atoms with E-state index in [0.29, 0.717) is 11.4 Å². The molecular formula is C20H31NO5Si. The van der Waals surface area contributed by atoms with E-state index in [2.05, 4.69) is 33.9 Å². The maximum Gasteiger partial charge on any atom is 0.304 e. The van der Waals surface area contributed by atoms with Gasteiger partial charge in [-0.3, -0.25) is 14.5 Å². The fraction of sp³-hybridized carbons (Fsp3) is 0.600. The molecule has 27 heavy (non-hydrogen) atoms. The molecule has 0 radical (unpaired) electrons. The van der Waals surface area contributed by atoms with E-state index < -0.39 is 26.4 Å². The van der Waals surface area contributed by atoms with Gasteiger partial charge >= 0.3 is 5.97 Å². The van der Waals surface area contributed by atoms with Gasteiger partial charge in [0.05, 0.1) is 13.2 Å². The van der Waals surface area contributed by atoms with Crippen molar-refractivity contribution >= 4 is 25.9 Å². The first-order valence-corrected chi connectivity index (χ1v) is 12.1. The summed E-state index contributed by atoms with van der Waals surface area (Å²) in [5.41, 5.74) is 0.669. The summed E-state index contributed by atoms with van der Waals surface area (Å²) in [6.07, 6.45) is -1.000. The number of rotatable bonds is 6. The van der Waals surface area contributed by atoms with E-state index in [4.69, 9.17) is 13.9 Å². The molecule has 1 aliphatic heterocycles. The SMILES string of the molecule is COc1ccc(N2C(=O)[C@H]([C@@H](C)O[Si](C)(C)C(C)(C)C)[C@H]2OC(C)=O)cc1. The topological polar surface area (TPSA) is 65.1 Å². The molecule has 6 nitrogen and oxygen atoms in total. The highest BCUT2D eigenvalue weighted by molar-refractivity contribution is 6.74. The van der Waals surface area contributed by atoms with Gasteiger partial charge in [0.1, 0.15) is 11.7 Å². The van der Waals surface area contributed by atoms with Gasteiger partial charge in [0.25, 0.3) is 0 Å². The van der Waals surface area contributed by atoms with Gasteiger partial charge < -0.3 is 13.9 Å². The van der Waals surface area contributed by atoms with Crippen LogP contribution in [0.1, 0.15) is 34.6 Å². The van der Waals surface area contributed by atoms with Crippen LogP contribution < -0.4 is 9.64 Å². The Morgan fingerprint density at radius 3 is 2.19 bits per heavy atom. The number of carbonyl (C=O) groups excluding carboxylic acids is 2. The Kier molecular flexibility index (Phi) is 6.06. The summed E-state index contributed by atoms with van der Waals surface area (Å²) < 4.78 is 17.0. The largest absolute Gasteiger partial charge is 0.497 e. The van der Waals surface area contributed by atoms with Crippen LogP contribution in [-0.4, -0.2) is 39.6 Å². The fourth-order valence-electron chi connectivity index (χ4n) is 2.95. The van der Waals surface area contributed by atoms with Crippen LogP contribution in [0.25, 0.3) is 0 Å². The number of ether oxygens (including phenoxy) is 2. The summed E-state index contributed by atoms with van der Waals surface area (Å²) >= 11 is 0. The monoisotopic (exact) mass is 393 g/mol. The first kappa shape index (κ1) is 21.4. The lowest BCUT2D eigenvalue weighted by Gasteiger charge is -2.50. The van der Waals surface area contributed by atoms with E-state index >= 15 is 0 Å². The smallest absolute Gasteiger partial charge is 0.304 e. The zero-order valence-electron chi connectivity index (χ0n) is 17.5. The molecule has 1 aromatic rings. The number of esters is 1. The molecule has 1 aromatic carbocycles. The number of methoxy groups -OCH3 is 1. The Morgan fingerprint density at radius 1 is 1.19 bits per heavy atom. The highest BCUT2D eigenvalue weighted by atomic mass is 28.4. The molecule has 2 rings (SSSR count). The van der Waals surface area contributed by atoms with Gasteiger partial charge in [-0.1, -0.05) is 20.8 Å². The molecule has 1 aliphatic rings. The molecule has 0 unspecified atom stereocenters. The Hall–Kier alpha value is -1.86. The summed E-state index contributed by atoms with van der Waals surface area (Å²) in [5, 5.41) is 0.0284. The first-order valence-electron chi connectivity index (χ1n) is 9.21. The van der Waals surface area contributed by atoms with Crippen molar-refractivity contribution in [3.8, 4) is 5.75 Å². The van der Waals surface area contributed by atoms with E-state index in [-0.39, 0.29) is 17.0 Å². The number of anilines is 1. The Bertz CT molecular complexity index is 695. The van der Waals surface area contributed by atoms with Crippen LogP contribution in [0.15, 0.2) is 24.3 Å². The maximum atomic E-state index is 12.9. The second-order valence-electron chi connectivity index (χ2n) is 8.52. The average Bonchev–Trinajstić information content (AvgIpc) is 2.53. The van der Waals surface area contributed by atoms with E-state index in [9.17, 15) is 9.59 Å². The summed E-state index contributed by atoms with van der Waals surface area (Å²) in [7, 11) is -0.469. The molecule has 7 heteroatoms. The van der Waals surface area contributed by atoms with Gasteiger partial charge in [-0.2, -0.15) is 0 Å². The number of hydrogen-bond acceptors (Lipinski definition) is 5. The van der Waals surface area contributed by atoms with Crippen molar-refractivity contribution in [2.24, 2.45) is 5.92 Å². The Labute approximate surface area is 162 Å². The molecule has 0 saturated carbocycles. The van der Waals surface area contributed by atoms with Crippen LogP contribution in [-0.2, 0) is 18.8 Å². The zero-order chi connectivity index (χ0) is 20.6. The van der Waals surface area contributed by atoms with Gasteiger partial charge in [-0.25, -0.2) is 0 Å². The molecule has 1 heterocycles. The van der Waals surface area contributed by atoms with Gasteiger partial charge in [0, 0.05) is 12.6 Å². The third kappa shape index (κ3) is 4.35. The Balaban J connectivity index is 2.23. The van der Waals surface area contributed by atoms with E-state index in [1.807, 2.05) is 6.92 Å². The predicted molar refractivity (Wildman–Crippen MR) is 107 cm³/mol. The average molecular weight is 394 g/mol. The summed E-state index contributed by atoms with van der Waals surface area (Å²) in [5.74, 6) is -0.333. The van der Waals surface area contributed by atoms with Crippen molar-refractivity contribution in [1.82, 2.24) is 0 Å². The lowest BCUT2D eigenvalue weighted by molar-refractivity contribution is -0.165. The summed E-state index contributed by atoms with van der Waals surface area (Å²) in [6, 6.07) is 7.11. The van der Waals surface area contributed by atoms with Gasteiger partial charge in [-0.05, 0) is 49.3 Å². The van der Waals surface area contributed by atoms with Crippen molar-refractivity contribution in [2.75, 3.05) is 12.0 Å². The highest BCUT2D eigenvalue weighted by Crippen LogP contribution is 2.42. The normalized spacial score (nSPS) is 21.5. The molecule has 1 saturated heterocycles. The number of benzene rings is 1. The van der Waals surface area contributed by atoms with Crippen LogP contribution in [0.5, 0.6) is 5.75 Å². The number of β-lactam (4-membered cyclic amide) rings is 1. The van der Waals surface area contributed by atoms with Crippen LogP contribution in [0.3, 0.4) is 0 Å². The van der Waals surface area contributed by atoms with Crippen molar-refractivity contribution < 1.29 is 23.5 Å². The molecule has 1 fully saturated rings. The van der Waals surface area contributed by atoms with Crippen LogP contribution in [0.2, 0.25) is 18.1 Å². The number of hydrogen-bond donors (Lipinski definition) is 0. The highest BCUT2D eigenvalue weighted by Gasteiger charge is 2.55. The standard InChI is InChI=1S/C20H31NO5Si/c1-13(26-27(7,8)20(3,4)5)17-18(23)21(19(17)25-14(2)22)15-9-11-16(24-6)12-10-15/h9-13,17,19H,1-8H3/t13-,17+,19-/m1/s1. The number of amides is 1. The molecular weight excluding hydrogens is 362 g/mol. The molecule has 0 bridgehead atoms. The number of carbonyl (C=O) groups is 2. The van der Waals surface area contributed by atoms with Crippen molar-refractivity contribution in [2.45, 2.75) is 65.1 Å². The summed E-state index contributed by atoms with van der Waals surface area (Å²) in [6.45, 7) is 14.0. The van der Waals surface area contributed by atoms with Crippen molar-refractivity contribution in [1.29, 1.82) is 0 Å². The molecule has 150 valence electrons. The number of nitrogens with zero attached hydrogens (tertiary/aromatic N) is 1. The van der Waals surface area contributed by atoms with E-state index in [0.717, 1.165) is 0 Å². The van der Waals surface area contributed by atoms with E-state index in [1.165, 1.54) is 11.8 Å².